The molecule has 1 aliphatic heterocycles. The van der Waals surface area contributed by atoms with Crippen molar-refractivity contribution < 1.29 is 14.6 Å². The van der Waals surface area contributed by atoms with Gasteiger partial charge in [0.1, 0.15) is 6.04 Å². The average Bonchev–Trinajstić information content (AvgIpc) is 2.18. The van der Waals surface area contributed by atoms with Crippen molar-refractivity contribution in [1.29, 1.82) is 0 Å². The molecule has 1 heterocycles. The van der Waals surface area contributed by atoms with Crippen molar-refractivity contribution in [3.8, 4) is 0 Å². The fourth-order valence-electron chi connectivity index (χ4n) is 1.68. The van der Waals surface area contributed by atoms with E-state index in [0.29, 0.717) is 5.92 Å². The minimum absolute atomic E-state index is 0.391. The zero-order valence-corrected chi connectivity index (χ0v) is 8.90. The molecule has 0 aromatic heterocycles. The van der Waals surface area contributed by atoms with Crippen LogP contribution >= 0.6 is 0 Å². The summed E-state index contributed by atoms with van der Waals surface area (Å²) in [5.74, 6) is -0.157. The van der Waals surface area contributed by atoms with Crippen LogP contribution in [0.1, 0.15) is 19.8 Å². The number of ether oxygens (including phenoxy) is 1. The number of carboxylic acid groups (broad SMARTS) is 1. The highest BCUT2D eigenvalue weighted by molar-refractivity contribution is 5.72. The Bertz CT molecular complexity index is 190. The average molecular weight is 201 g/mol. The van der Waals surface area contributed by atoms with Crippen molar-refractivity contribution in [3.05, 3.63) is 0 Å². The Morgan fingerprint density at radius 1 is 1.57 bits per heavy atom. The Hall–Kier alpha value is -0.610. The van der Waals surface area contributed by atoms with Gasteiger partial charge in [0.05, 0.1) is 0 Å². The first-order valence-electron chi connectivity index (χ1n) is 5.12. The third kappa shape index (κ3) is 3.27. The molecule has 1 aliphatic rings. The fraction of sp³-hybridized carbons (Fsp3) is 0.900. The molecular formula is C10H19NO3. The zero-order chi connectivity index (χ0) is 10.6. The molecule has 4 nitrogen and oxygen atoms in total. The predicted molar refractivity (Wildman–Crippen MR) is 53.3 cm³/mol. The van der Waals surface area contributed by atoms with E-state index in [-0.39, 0.29) is 0 Å². The number of nitrogens with zero attached hydrogens (tertiary/aromatic N) is 1. The lowest BCUT2D eigenvalue weighted by atomic mass is 9.99. The van der Waals surface area contributed by atoms with Crippen molar-refractivity contribution in [1.82, 2.24) is 4.90 Å². The normalized spacial score (nSPS) is 21.1. The molecule has 1 saturated heterocycles. The molecule has 0 saturated carbocycles. The van der Waals surface area contributed by atoms with Crippen molar-refractivity contribution in [2.45, 2.75) is 25.8 Å². The summed E-state index contributed by atoms with van der Waals surface area (Å²) in [4.78, 5) is 12.6. The highest BCUT2D eigenvalue weighted by Crippen LogP contribution is 2.16. The number of carboxylic acids is 1. The number of likely N-dealkylation sites (N-methyl/N-ethyl adjacent to an activating group) is 1. The van der Waals surface area contributed by atoms with Gasteiger partial charge in [0.2, 0.25) is 0 Å². The fourth-order valence-corrected chi connectivity index (χ4v) is 1.68. The molecule has 4 heteroatoms. The summed E-state index contributed by atoms with van der Waals surface area (Å²) in [5, 5.41) is 8.82. The molecule has 0 aliphatic carbocycles. The van der Waals surface area contributed by atoms with Crippen LogP contribution in [0.2, 0.25) is 0 Å². The predicted octanol–water partition coefficient (Wildman–Crippen LogP) is 0.818. The van der Waals surface area contributed by atoms with Crippen molar-refractivity contribution in [2.24, 2.45) is 5.92 Å². The second-order valence-electron chi connectivity index (χ2n) is 4.01. The van der Waals surface area contributed by atoms with Crippen LogP contribution in [0.4, 0.5) is 0 Å². The van der Waals surface area contributed by atoms with Crippen LogP contribution < -0.4 is 0 Å². The second-order valence-corrected chi connectivity index (χ2v) is 4.01. The van der Waals surface area contributed by atoms with Crippen LogP contribution in [0, 0.1) is 5.92 Å². The summed E-state index contributed by atoms with van der Waals surface area (Å²) in [6, 6.07) is -0.391. The first-order valence-corrected chi connectivity index (χ1v) is 5.12. The maximum Gasteiger partial charge on any atom is 0.320 e. The molecule has 0 aromatic carbocycles. The number of hydrogen-bond acceptors (Lipinski definition) is 3. The van der Waals surface area contributed by atoms with Crippen molar-refractivity contribution in [2.75, 3.05) is 26.8 Å². The van der Waals surface area contributed by atoms with E-state index in [2.05, 4.69) is 0 Å². The first kappa shape index (κ1) is 11.5. The van der Waals surface area contributed by atoms with E-state index in [9.17, 15) is 4.79 Å². The molecule has 0 amide bonds. The number of hydrogen-bond donors (Lipinski definition) is 1. The van der Waals surface area contributed by atoms with Gasteiger partial charge in [0.25, 0.3) is 0 Å². The third-order valence-electron chi connectivity index (χ3n) is 2.91. The summed E-state index contributed by atoms with van der Waals surface area (Å²) in [6.07, 6.45) is 2.10. The van der Waals surface area contributed by atoms with E-state index in [4.69, 9.17) is 9.84 Å². The summed E-state index contributed by atoms with van der Waals surface area (Å²) in [7, 11) is 1.87. The highest BCUT2D eigenvalue weighted by atomic mass is 16.5. The monoisotopic (exact) mass is 201 g/mol. The Balaban J connectivity index is 2.31. The lowest BCUT2D eigenvalue weighted by Gasteiger charge is -2.29. The first-order chi connectivity index (χ1) is 6.61. The summed E-state index contributed by atoms with van der Waals surface area (Å²) in [6.45, 7) is 4.22. The van der Waals surface area contributed by atoms with Gasteiger partial charge < -0.3 is 9.84 Å². The standard InChI is InChI=1S/C10H19NO3/c1-8(10(12)13)11(2)7-9-3-5-14-6-4-9/h8-9H,3-7H2,1-2H3,(H,12,13). The summed E-state index contributed by atoms with van der Waals surface area (Å²) >= 11 is 0. The van der Waals surface area contributed by atoms with Gasteiger partial charge >= 0.3 is 5.97 Å². The number of aliphatic carboxylic acids is 1. The topological polar surface area (TPSA) is 49.8 Å². The molecule has 1 unspecified atom stereocenters. The molecule has 1 N–H and O–H groups in total. The van der Waals surface area contributed by atoms with E-state index in [1.54, 1.807) is 6.92 Å². The maximum atomic E-state index is 10.7. The van der Waals surface area contributed by atoms with Crippen LogP contribution in [0.25, 0.3) is 0 Å². The molecular weight excluding hydrogens is 182 g/mol. The third-order valence-corrected chi connectivity index (χ3v) is 2.91. The lowest BCUT2D eigenvalue weighted by molar-refractivity contribution is -0.142. The number of carbonyl (C=O) groups is 1. The van der Waals surface area contributed by atoms with E-state index in [1.807, 2.05) is 11.9 Å². The van der Waals surface area contributed by atoms with E-state index >= 15 is 0 Å². The van der Waals surface area contributed by atoms with E-state index in [0.717, 1.165) is 32.6 Å². The Morgan fingerprint density at radius 2 is 2.14 bits per heavy atom. The molecule has 82 valence electrons. The minimum Gasteiger partial charge on any atom is -0.480 e. The van der Waals surface area contributed by atoms with Crippen LogP contribution in [-0.2, 0) is 9.53 Å². The maximum absolute atomic E-state index is 10.7. The molecule has 1 atom stereocenters. The Morgan fingerprint density at radius 3 is 2.64 bits per heavy atom. The minimum atomic E-state index is -0.750. The molecule has 0 aromatic rings. The molecule has 0 spiro atoms. The molecule has 0 bridgehead atoms. The largest absolute Gasteiger partial charge is 0.480 e. The van der Waals surface area contributed by atoms with Gasteiger partial charge in [0.15, 0.2) is 0 Å². The quantitative estimate of drug-likeness (QED) is 0.731. The van der Waals surface area contributed by atoms with Gasteiger partial charge in [-0.3, -0.25) is 9.69 Å². The van der Waals surface area contributed by atoms with Gasteiger partial charge in [-0.2, -0.15) is 0 Å². The van der Waals surface area contributed by atoms with Crippen LogP contribution in [0.3, 0.4) is 0 Å². The molecule has 1 rings (SSSR count). The Kier molecular flexibility index (Phi) is 4.35. The highest BCUT2D eigenvalue weighted by Gasteiger charge is 2.21. The second kappa shape index (κ2) is 5.32. The van der Waals surface area contributed by atoms with E-state index < -0.39 is 12.0 Å². The smallest absolute Gasteiger partial charge is 0.320 e. The summed E-state index contributed by atoms with van der Waals surface area (Å²) in [5.41, 5.74) is 0. The van der Waals surface area contributed by atoms with Crippen molar-refractivity contribution in [3.63, 3.8) is 0 Å². The molecule has 0 radical (unpaired) electrons. The van der Waals surface area contributed by atoms with Crippen LogP contribution in [0.5, 0.6) is 0 Å². The van der Waals surface area contributed by atoms with Gasteiger partial charge in [-0.25, -0.2) is 0 Å². The number of rotatable bonds is 4. The SMILES string of the molecule is CC(C(=O)O)N(C)CC1CCOCC1. The molecule has 14 heavy (non-hydrogen) atoms. The molecule has 1 fully saturated rings. The summed E-state index contributed by atoms with van der Waals surface area (Å²) < 4.78 is 5.25. The lowest BCUT2D eigenvalue weighted by Crippen LogP contribution is -2.40. The van der Waals surface area contributed by atoms with Crippen LogP contribution in [-0.4, -0.2) is 48.8 Å². The van der Waals surface area contributed by atoms with Gasteiger partial charge in [-0.1, -0.05) is 0 Å². The van der Waals surface area contributed by atoms with E-state index in [1.165, 1.54) is 0 Å². The Labute approximate surface area is 84.8 Å². The van der Waals surface area contributed by atoms with Gasteiger partial charge in [-0.05, 0) is 32.7 Å². The van der Waals surface area contributed by atoms with Gasteiger partial charge in [-0.15, -0.1) is 0 Å². The van der Waals surface area contributed by atoms with Crippen LogP contribution in [0.15, 0.2) is 0 Å². The van der Waals surface area contributed by atoms with Gasteiger partial charge in [0, 0.05) is 19.8 Å². The van der Waals surface area contributed by atoms with Crippen molar-refractivity contribution >= 4 is 5.97 Å². The zero-order valence-electron chi connectivity index (χ0n) is 8.90.